The monoisotopic (exact) mass is 643 g/mol. The van der Waals surface area contributed by atoms with Crippen molar-refractivity contribution in [1.29, 1.82) is 0 Å². The van der Waals surface area contributed by atoms with Crippen LogP contribution in [0.25, 0.3) is 22.8 Å². The van der Waals surface area contributed by atoms with Crippen LogP contribution in [-0.2, 0) is 16.0 Å². The molecular weight excluding hydrogens is 603 g/mol. The number of carboxylic acid groups (broad SMARTS) is 1. The number of nitrogens with one attached hydrogen (secondary N) is 3. The molecule has 2 aliphatic heterocycles. The minimum atomic E-state index is -5.19. The van der Waals surface area contributed by atoms with Crippen molar-refractivity contribution in [3.8, 4) is 22.8 Å². The van der Waals surface area contributed by atoms with E-state index in [0.717, 1.165) is 68.6 Å². The average molecular weight is 644 g/mol. The second-order valence-corrected chi connectivity index (χ2v) is 10.2. The van der Waals surface area contributed by atoms with Crippen LogP contribution in [0, 0.1) is 0 Å². The number of hydrogen-bond donors (Lipinski definition) is 4. The van der Waals surface area contributed by atoms with Crippen LogP contribution in [0.1, 0.15) is 37.7 Å². The Morgan fingerprint density at radius 3 is 2.02 bits per heavy atom. The molecule has 248 valence electrons. The Morgan fingerprint density at radius 2 is 1.50 bits per heavy atom. The topological polar surface area (TPSA) is 167 Å². The maximum Gasteiger partial charge on any atom is 0.430 e. The third-order valence-corrected chi connectivity index (χ3v) is 6.80. The number of carbonyl (C=O) groups is 2. The van der Waals surface area contributed by atoms with Crippen LogP contribution in [0.5, 0.6) is 0 Å². The number of carbonyl (C=O) groups excluding carboxylic acids is 2. The highest BCUT2D eigenvalue weighted by atomic mass is 19.4. The van der Waals surface area contributed by atoms with Crippen LogP contribution in [-0.4, -0.2) is 71.0 Å². The first-order valence-electron chi connectivity index (χ1n) is 15.1. The molecule has 2 aromatic heterocycles. The molecule has 0 bridgehead atoms. The van der Waals surface area contributed by atoms with Gasteiger partial charge in [0.15, 0.2) is 0 Å². The number of aromatic amines is 2. The molecule has 0 saturated carbocycles. The maximum atomic E-state index is 11.9. The summed E-state index contributed by atoms with van der Waals surface area (Å²) >= 11 is 0. The molecule has 46 heavy (non-hydrogen) atoms. The van der Waals surface area contributed by atoms with Crippen LogP contribution in [0.4, 0.5) is 23.7 Å². The third-order valence-electron chi connectivity index (χ3n) is 6.80. The van der Waals surface area contributed by atoms with Gasteiger partial charge in [0, 0.05) is 62.2 Å². The number of aromatic nitrogens is 4. The minimum Gasteiger partial charge on any atom is -0.542 e. The SMILES string of the molecule is C1CCOC1.O=C([O-])C(F)(F)F.O=C1NCCCN1c1ccccc1-c1ncc[nH]1.[NH3+]CCCCc1ccccc1-c1ncc[nH]1. The lowest BCUT2D eigenvalue weighted by Crippen LogP contribution is -2.50. The van der Waals surface area contributed by atoms with Gasteiger partial charge in [-0.25, -0.2) is 14.8 Å². The lowest BCUT2D eigenvalue weighted by Gasteiger charge is -2.28. The van der Waals surface area contributed by atoms with E-state index in [4.69, 9.17) is 14.6 Å². The van der Waals surface area contributed by atoms with Gasteiger partial charge in [0.05, 0.1) is 12.2 Å². The van der Waals surface area contributed by atoms with Crippen molar-refractivity contribution in [2.45, 2.75) is 44.7 Å². The molecule has 0 radical (unpaired) electrons. The zero-order valence-corrected chi connectivity index (χ0v) is 25.5. The summed E-state index contributed by atoms with van der Waals surface area (Å²) in [6.07, 6.45) is 8.95. The van der Waals surface area contributed by atoms with E-state index in [9.17, 15) is 18.0 Å². The number of aryl methyl sites for hydroxylation is 1. The molecule has 6 rings (SSSR count). The van der Waals surface area contributed by atoms with Gasteiger partial charge in [-0.1, -0.05) is 36.4 Å². The number of alkyl halides is 3. The number of aliphatic carboxylic acids is 1. The first kappa shape index (κ1) is 35.8. The normalized spacial score (nSPS) is 14.1. The van der Waals surface area contributed by atoms with Crippen molar-refractivity contribution >= 4 is 17.7 Å². The van der Waals surface area contributed by atoms with Crippen molar-refractivity contribution in [2.24, 2.45) is 0 Å². The van der Waals surface area contributed by atoms with E-state index < -0.39 is 12.1 Å². The summed E-state index contributed by atoms with van der Waals surface area (Å²) in [7, 11) is 0. The number of H-pyrrole nitrogens is 2. The molecule has 14 heteroatoms. The Hall–Kier alpha value is -4.69. The number of ether oxygens (including phenoxy) is 1. The third kappa shape index (κ3) is 11.7. The first-order chi connectivity index (χ1) is 22.2. The number of hydrogen-bond acceptors (Lipinski definition) is 6. The van der Waals surface area contributed by atoms with Crippen molar-refractivity contribution in [1.82, 2.24) is 25.3 Å². The standard InChI is InChI=1S/C13H14N4O.C13H17N3.C4H8O.C2HF3O2/c18-13-16-6-3-9-17(13)11-5-2-1-4-10(11)12-14-7-8-15-12;14-8-4-3-6-11-5-1-2-7-12(11)13-15-9-10-16-13;1-2-4-5-3-1;3-2(4,5)1(6)7/h1-2,4-5,7-8H,3,6,9H2,(H,14,15)(H,16,18);1-2,5,7,9-10H,3-4,6,8,14H2,(H,15,16);1-4H2;(H,6,7). The predicted molar refractivity (Wildman–Crippen MR) is 165 cm³/mol. The van der Waals surface area contributed by atoms with Gasteiger partial charge < -0.3 is 35.7 Å². The fourth-order valence-electron chi connectivity index (χ4n) is 4.57. The Bertz CT molecular complexity index is 1440. The average Bonchev–Trinajstić information content (AvgIpc) is 3.88. The quantitative estimate of drug-likeness (QED) is 0.224. The van der Waals surface area contributed by atoms with Crippen molar-refractivity contribution in [3.63, 3.8) is 0 Å². The molecule has 0 spiro atoms. The molecule has 4 aromatic rings. The molecule has 6 N–H and O–H groups in total. The Kier molecular flexibility index (Phi) is 14.8. The van der Waals surface area contributed by atoms with Gasteiger partial charge in [-0.15, -0.1) is 0 Å². The van der Waals surface area contributed by atoms with Gasteiger partial charge in [-0.2, -0.15) is 13.2 Å². The van der Waals surface area contributed by atoms with Crippen molar-refractivity contribution in [2.75, 3.05) is 37.7 Å². The molecule has 2 fully saturated rings. The largest absolute Gasteiger partial charge is 0.542 e. The molecular formula is C32H40F3N7O4. The summed E-state index contributed by atoms with van der Waals surface area (Å²) in [5.41, 5.74) is 8.29. The molecule has 0 unspecified atom stereocenters. The molecule has 2 aromatic carbocycles. The van der Waals surface area contributed by atoms with E-state index in [1.165, 1.54) is 36.8 Å². The Balaban J connectivity index is 0.000000187. The highest BCUT2D eigenvalue weighted by Crippen LogP contribution is 2.29. The van der Waals surface area contributed by atoms with Crippen LogP contribution < -0.4 is 21.1 Å². The van der Waals surface area contributed by atoms with Crippen LogP contribution in [0.3, 0.4) is 0 Å². The number of halogens is 3. The van der Waals surface area contributed by atoms with E-state index in [1.807, 2.05) is 30.5 Å². The summed E-state index contributed by atoms with van der Waals surface area (Å²) in [4.78, 5) is 37.3. The van der Waals surface area contributed by atoms with Crippen LogP contribution in [0.15, 0.2) is 73.3 Å². The molecule has 11 nitrogen and oxygen atoms in total. The van der Waals surface area contributed by atoms with Gasteiger partial charge in [0.1, 0.15) is 17.6 Å². The zero-order valence-electron chi connectivity index (χ0n) is 25.5. The summed E-state index contributed by atoms with van der Waals surface area (Å²) in [5, 5.41) is 11.6. The second-order valence-electron chi connectivity index (χ2n) is 10.2. The fourth-order valence-corrected chi connectivity index (χ4v) is 4.57. The highest BCUT2D eigenvalue weighted by molar-refractivity contribution is 5.96. The number of urea groups is 1. The summed E-state index contributed by atoms with van der Waals surface area (Å²) in [6.45, 7) is 4.50. The predicted octanol–water partition coefficient (Wildman–Crippen LogP) is 3.73. The van der Waals surface area contributed by atoms with E-state index in [1.54, 1.807) is 23.5 Å². The van der Waals surface area contributed by atoms with Gasteiger partial charge in [0.2, 0.25) is 0 Å². The van der Waals surface area contributed by atoms with E-state index >= 15 is 0 Å². The number of amides is 2. The highest BCUT2D eigenvalue weighted by Gasteiger charge is 2.28. The molecule has 0 atom stereocenters. The number of anilines is 1. The Labute approximate surface area is 265 Å². The number of benzene rings is 2. The zero-order chi connectivity index (χ0) is 33.2. The molecule has 2 amide bonds. The van der Waals surface area contributed by atoms with Gasteiger partial charge in [-0.05, 0) is 56.2 Å². The van der Waals surface area contributed by atoms with Gasteiger partial charge in [0.25, 0.3) is 0 Å². The number of para-hydroxylation sites is 1. The second kappa shape index (κ2) is 19.0. The van der Waals surface area contributed by atoms with Crippen LogP contribution in [0.2, 0.25) is 0 Å². The lowest BCUT2D eigenvalue weighted by atomic mass is 10.0. The van der Waals surface area contributed by atoms with E-state index in [0.29, 0.717) is 0 Å². The summed E-state index contributed by atoms with van der Waals surface area (Å²) in [6, 6.07) is 16.2. The first-order valence-corrected chi connectivity index (χ1v) is 15.1. The molecule has 4 heterocycles. The van der Waals surface area contributed by atoms with Crippen LogP contribution >= 0.6 is 0 Å². The molecule has 0 aliphatic carbocycles. The Morgan fingerprint density at radius 1 is 0.913 bits per heavy atom. The number of carboxylic acids is 1. The van der Waals surface area contributed by atoms with E-state index in [-0.39, 0.29) is 6.03 Å². The number of unbranched alkanes of at least 4 members (excludes halogenated alkanes) is 1. The molecule has 2 aliphatic rings. The van der Waals surface area contributed by atoms with Crippen molar-refractivity contribution in [3.05, 3.63) is 78.9 Å². The van der Waals surface area contributed by atoms with Gasteiger partial charge >= 0.3 is 12.2 Å². The number of rotatable bonds is 7. The summed E-state index contributed by atoms with van der Waals surface area (Å²) in [5.74, 6) is -1.26. The van der Waals surface area contributed by atoms with Gasteiger partial charge in [-0.3, -0.25) is 4.90 Å². The molecule has 2 saturated heterocycles. The fraction of sp³-hybridized carbons (Fsp3) is 0.375. The lowest BCUT2D eigenvalue weighted by molar-refractivity contribution is -0.368. The minimum absolute atomic E-state index is 0.0414. The smallest absolute Gasteiger partial charge is 0.430 e. The van der Waals surface area contributed by atoms with E-state index in [2.05, 4.69) is 55.3 Å². The van der Waals surface area contributed by atoms with Crippen molar-refractivity contribution < 1.29 is 38.3 Å². The maximum absolute atomic E-state index is 11.9. The summed E-state index contributed by atoms with van der Waals surface area (Å²) < 4.78 is 36.5. The number of imidazole rings is 2. The number of nitrogens with zero attached hydrogens (tertiary/aromatic N) is 3. The number of quaternary nitrogens is 1.